The molecule has 1 aromatic rings. The van der Waals surface area contributed by atoms with E-state index in [0.29, 0.717) is 0 Å². The standard InChI is InChI=1S/C13H25N.C8H14N2/c1-12(2)5-6-13(7-8-13)11-14-9-3-4-10-14;1-7(2)3-4-8-5-6-9-10-8/h12H,3-11H2,1-2H3;5-7H,3-4H2,1-2H3,(H,9,10). The number of nitrogens with zero attached hydrogens (tertiary/aromatic N) is 2. The van der Waals surface area contributed by atoms with Crippen LogP contribution in [0.15, 0.2) is 12.3 Å². The number of aryl methyl sites for hydroxylation is 1. The molecule has 0 atom stereocenters. The second-order valence-electron chi connectivity index (χ2n) is 8.93. The summed E-state index contributed by atoms with van der Waals surface area (Å²) in [6.45, 7) is 13.3. The number of H-pyrrole nitrogens is 1. The fourth-order valence-electron chi connectivity index (χ4n) is 3.54. The number of hydrogen-bond acceptors (Lipinski definition) is 2. The van der Waals surface area contributed by atoms with Crippen LogP contribution in [0.2, 0.25) is 0 Å². The SMILES string of the molecule is CC(C)CCC1(CN2CCCC2)CC1.CC(C)CCc1ccn[nH]1. The number of aromatic nitrogens is 2. The molecule has 1 N–H and O–H groups in total. The molecule has 2 heterocycles. The van der Waals surface area contributed by atoms with E-state index in [4.69, 9.17) is 0 Å². The molecule has 1 saturated heterocycles. The second kappa shape index (κ2) is 9.60. The molecule has 0 spiro atoms. The van der Waals surface area contributed by atoms with Gasteiger partial charge in [0.25, 0.3) is 0 Å². The van der Waals surface area contributed by atoms with E-state index in [2.05, 4.69) is 42.8 Å². The Morgan fingerprint density at radius 3 is 2.25 bits per heavy atom. The van der Waals surface area contributed by atoms with E-state index in [9.17, 15) is 0 Å². The Morgan fingerprint density at radius 1 is 1.08 bits per heavy atom. The monoisotopic (exact) mass is 333 g/mol. The second-order valence-corrected chi connectivity index (χ2v) is 8.93. The average Bonchev–Trinajstić information content (AvgIpc) is 2.96. The Hall–Kier alpha value is -0.830. The van der Waals surface area contributed by atoms with Gasteiger partial charge in [0.05, 0.1) is 0 Å². The van der Waals surface area contributed by atoms with Crippen LogP contribution < -0.4 is 0 Å². The normalized spacial score (nSPS) is 19.6. The molecule has 1 saturated carbocycles. The summed E-state index contributed by atoms with van der Waals surface area (Å²) >= 11 is 0. The van der Waals surface area contributed by atoms with Gasteiger partial charge in [-0.1, -0.05) is 34.1 Å². The molecule has 2 aliphatic rings. The van der Waals surface area contributed by atoms with Gasteiger partial charge in [-0.2, -0.15) is 5.10 Å². The summed E-state index contributed by atoms with van der Waals surface area (Å²) in [5.74, 6) is 1.68. The summed E-state index contributed by atoms with van der Waals surface area (Å²) in [5.41, 5.74) is 2.02. The minimum atomic E-state index is 0.772. The van der Waals surface area contributed by atoms with Crippen LogP contribution in [0.1, 0.15) is 78.3 Å². The van der Waals surface area contributed by atoms with E-state index < -0.39 is 0 Å². The third-order valence-electron chi connectivity index (χ3n) is 5.52. The van der Waals surface area contributed by atoms with Crippen molar-refractivity contribution in [2.24, 2.45) is 17.3 Å². The molecule has 138 valence electrons. The predicted molar refractivity (Wildman–Crippen MR) is 103 cm³/mol. The van der Waals surface area contributed by atoms with Crippen LogP contribution in [-0.2, 0) is 6.42 Å². The van der Waals surface area contributed by atoms with E-state index >= 15 is 0 Å². The number of rotatable bonds is 8. The van der Waals surface area contributed by atoms with Crippen molar-refractivity contribution >= 4 is 0 Å². The summed E-state index contributed by atoms with van der Waals surface area (Å²) in [4.78, 5) is 2.70. The Morgan fingerprint density at radius 2 is 1.75 bits per heavy atom. The molecular formula is C21H39N3. The van der Waals surface area contributed by atoms with Gasteiger partial charge in [-0.05, 0) is 81.4 Å². The fourth-order valence-corrected chi connectivity index (χ4v) is 3.54. The lowest BCUT2D eigenvalue weighted by Gasteiger charge is -2.23. The quantitative estimate of drug-likeness (QED) is 0.700. The van der Waals surface area contributed by atoms with Crippen LogP contribution in [0.5, 0.6) is 0 Å². The average molecular weight is 334 g/mol. The fraction of sp³-hybridized carbons (Fsp3) is 0.857. The van der Waals surface area contributed by atoms with Crippen molar-refractivity contribution in [3.63, 3.8) is 0 Å². The minimum Gasteiger partial charge on any atom is -0.303 e. The van der Waals surface area contributed by atoms with E-state index in [-0.39, 0.29) is 0 Å². The van der Waals surface area contributed by atoms with Gasteiger partial charge in [0.1, 0.15) is 0 Å². The number of aromatic amines is 1. The van der Waals surface area contributed by atoms with Gasteiger partial charge >= 0.3 is 0 Å². The first-order valence-corrected chi connectivity index (χ1v) is 10.2. The highest BCUT2D eigenvalue weighted by Crippen LogP contribution is 2.51. The predicted octanol–water partition coefficient (Wildman–Crippen LogP) is 5.30. The smallest absolute Gasteiger partial charge is 0.0490 e. The molecule has 1 aliphatic heterocycles. The number of hydrogen-bond donors (Lipinski definition) is 1. The van der Waals surface area contributed by atoms with Crippen molar-refractivity contribution in [3.8, 4) is 0 Å². The van der Waals surface area contributed by atoms with Crippen molar-refractivity contribution in [3.05, 3.63) is 18.0 Å². The largest absolute Gasteiger partial charge is 0.303 e. The molecule has 3 rings (SSSR count). The zero-order chi connectivity index (χ0) is 17.4. The van der Waals surface area contributed by atoms with Crippen molar-refractivity contribution < 1.29 is 0 Å². The van der Waals surface area contributed by atoms with Gasteiger partial charge in [0.15, 0.2) is 0 Å². The highest BCUT2D eigenvalue weighted by molar-refractivity contribution is 4.97. The summed E-state index contributed by atoms with van der Waals surface area (Å²) < 4.78 is 0. The Bertz CT molecular complexity index is 426. The van der Waals surface area contributed by atoms with Crippen molar-refractivity contribution in [1.29, 1.82) is 0 Å². The van der Waals surface area contributed by atoms with Crippen LogP contribution in [0.3, 0.4) is 0 Å². The lowest BCUT2D eigenvalue weighted by Crippen LogP contribution is -2.27. The lowest BCUT2D eigenvalue weighted by atomic mass is 9.95. The van der Waals surface area contributed by atoms with Gasteiger partial charge < -0.3 is 4.90 Å². The Balaban J connectivity index is 0.000000185. The van der Waals surface area contributed by atoms with Crippen molar-refractivity contribution in [1.82, 2.24) is 15.1 Å². The van der Waals surface area contributed by atoms with Crippen LogP contribution in [0, 0.1) is 17.3 Å². The maximum Gasteiger partial charge on any atom is 0.0490 e. The minimum absolute atomic E-state index is 0.772. The first-order chi connectivity index (χ1) is 11.5. The molecule has 1 aliphatic carbocycles. The van der Waals surface area contributed by atoms with Crippen LogP contribution in [-0.4, -0.2) is 34.7 Å². The third kappa shape index (κ3) is 7.38. The van der Waals surface area contributed by atoms with Crippen molar-refractivity contribution in [2.45, 2.75) is 79.1 Å². The number of likely N-dealkylation sites (tertiary alicyclic amines) is 1. The lowest BCUT2D eigenvalue weighted by molar-refractivity contribution is 0.244. The van der Waals surface area contributed by atoms with Crippen LogP contribution >= 0.6 is 0 Å². The molecule has 0 amide bonds. The molecule has 3 heteroatoms. The van der Waals surface area contributed by atoms with Crippen molar-refractivity contribution in [2.75, 3.05) is 19.6 Å². The summed E-state index contributed by atoms with van der Waals surface area (Å²) in [7, 11) is 0. The summed E-state index contributed by atoms with van der Waals surface area (Å²) in [6, 6.07) is 2.03. The summed E-state index contributed by atoms with van der Waals surface area (Å²) in [5, 5.41) is 6.82. The molecular weight excluding hydrogens is 294 g/mol. The molecule has 2 fully saturated rings. The summed E-state index contributed by atoms with van der Waals surface area (Å²) in [6.07, 6.45) is 13.0. The zero-order valence-corrected chi connectivity index (χ0v) is 16.5. The molecule has 1 aromatic heterocycles. The van der Waals surface area contributed by atoms with Gasteiger partial charge in [0, 0.05) is 18.4 Å². The van der Waals surface area contributed by atoms with E-state index in [1.165, 1.54) is 70.3 Å². The van der Waals surface area contributed by atoms with Crippen LogP contribution in [0.25, 0.3) is 0 Å². The molecule has 0 aromatic carbocycles. The topological polar surface area (TPSA) is 31.9 Å². The van der Waals surface area contributed by atoms with Gasteiger partial charge in [-0.15, -0.1) is 0 Å². The first kappa shape index (κ1) is 19.5. The Labute approximate surface area is 149 Å². The zero-order valence-electron chi connectivity index (χ0n) is 16.5. The maximum absolute atomic E-state index is 3.88. The van der Waals surface area contributed by atoms with Gasteiger partial charge in [-0.3, -0.25) is 5.10 Å². The van der Waals surface area contributed by atoms with E-state index in [1.54, 1.807) is 6.20 Å². The van der Waals surface area contributed by atoms with Crippen LogP contribution in [0.4, 0.5) is 0 Å². The Kier molecular flexibility index (Phi) is 7.80. The maximum atomic E-state index is 3.88. The molecule has 0 radical (unpaired) electrons. The van der Waals surface area contributed by atoms with E-state index in [0.717, 1.165) is 23.7 Å². The molecule has 0 unspecified atom stereocenters. The van der Waals surface area contributed by atoms with Gasteiger partial charge in [0.2, 0.25) is 0 Å². The highest BCUT2D eigenvalue weighted by Gasteiger charge is 2.43. The number of nitrogens with one attached hydrogen (secondary N) is 1. The first-order valence-electron chi connectivity index (χ1n) is 10.2. The highest BCUT2D eigenvalue weighted by atomic mass is 15.1. The molecule has 0 bridgehead atoms. The molecule has 3 nitrogen and oxygen atoms in total. The van der Waals surface area contributed by atoms with E-state index in [1.807, 2.05) is 6.07 Å². The van der Waals surface area contributed by atoms with Gasteiger partial charge in [-0.25, -0.2) is 0 Å². The third-order valence-corrected chi connectivity index (χ3v) is 5.52. The molecule has 24 heavy (non-hydrogen) atoms.